The summed E-state index contributed by atoms with van der Waals surface area (Å²) < 4.78 is 5.11. The molecule has 2 rings (SSSR count). The van der Waals surface area contributed by atoms with Gasteiger partial charge in [0.1, 0.15) is 5.75 Å². The molecule has 0 aromatic heterocycles. The molecule has 0 unspecified atom stereocenters. The van der Waals surface area contributed by atoms with Crippen LogP contribution >= 0.6 is 0 Å². The molecular formula is C16H23NO2. The summed E-state index contributed by atoms with van der Waals surface area (Å²) in [5.74, 6) is 0.984. The molecule has 1 aliphatic rings. The average molecular weight is 261 g/mol. The number of ether oxygens (including phenoxy) is 1. The maximum atomic E-state index is 12.4. The molecular weight excluding hydrogens is 238 g/mol. The predicted molar refractivity (Wildman–Crippen MR) is 76.5 cm³/mol. The lowest BCUT2D eigenvalue weighted by molar-refractivity contribution is 0.0868. The fourth-order valence-electron chi connectivity index (χ4n) is 2.97. The molecule has 3 heteroatoms. The highest BCUT2D eigenvalue weighted by Crippen LogP contribution is 2.39. The van der Waals surface area contributed by atoms with Crippen LogP contribution < -0.4 is 10.5 Å². The van der Waals surface area contributed by atoms with E-state index in [9.17, 15) is 4.79 Å². The zero-order valence-electron chi connectivity index (χ0n) is 11.7. The van der Waals surface area contributed by atoms with E-state index < -0.39 is 0 Å². The molecule has 0 spiro atoms. The van der Waals surface area contributed by atoms with E-state index in [4.69, 9.17) is 10.5 Å². The second kappa shape index (κ2) is 6.20. The lowest BCUT2D eigenvalue weighted by atomic mass is 9.70. The van der Waals surface area contributed by atoms with E-state index in [1.165, 1.54) is 19.3 Å². The van der Waals surface area contributed by atoms with Gasteiger partial charge in [0.15, 0.2) is 5.78 Å². The van der Waals surface area contributed by atoms with Crippen LogP contribution in [0.15, 0.2) is 24.3 Å². The van der Waals surface area contributed by atoms with Crippen molar-refractivity contribution in [2.75, 3.05) is 13.7 Å². The summed E-state index contributed by atoms with van der Waals surface area (Å²) in [6.07, 6.45) is 6.44. The number of rotatable bonds is 5. The Labute approximate surface area is 115 Å². The van der Waals surface area contributed by atoms with Crippen molar-refractivity contribution in [1.82, 2.24) is 0 Å². The molecule has 1 saturated carbocycles. The minimum atomic E-state index is 0.0370. The molecule has 0 aliphatic heterocycles. The van der Waals surface area contributed by atoms with Crippen LogP contribution in [0.4, 0.5) is 0 Å². The molecule has 1 aromatic carbocycles. The summed E-state index contributed by atoms with van der Waals surface area (Å²) in [7, 11) is 1.63. The van der Waals surface area contributed by atoms with E-state index in [2.05, 4.69) is 0 Å². The molecule has 0 atom stereocenters. The number of methoxy groups -OCH3 is 1. The Morgan fingerprint density at radius 1 is 1.21 bits per heavy atom. The summed E-state index contributed by atoms with van der Waals surface area (Å²) in [4.78, 5) is 12.4. The highest BCUT2D eigenvalue weighted by molar-refractivity contribution is 5.96. The Hall–Kier alpha value is -1.35. The van der Waals surface area contributed by atoms with E-state index in [-0.39, 0.29) is 11.2 Å². The van der Waals surface area contributed by atoms with Crippen LogP contribution in [0, 0.1) is 5.41 Å². The fourth-order valence-corrected chi connectivity index (χ4v) is 2.97. The van der Waals surface area contributed by atoms with Crippen LogP contribution in [0.1, 0.15) is 48.9 Å². The topological polar surface area (TPSA) is 52.3 Å². The predicted octanol–water partition coefficient (Wildman–Crippen LogP) is 3.18. The van der Waals surface area contributed by atoms with Crippen molar-refractivity contribution in [2.24, 2.45) is 11.1 Å². The Bertz CT molecular complexity index is 419. The van der Waals surface area contributed by atoms with Crippen molar-refractivity contribution in [3.8, 4) is 5.75 Å². The quantitative estimate of drug-likeness (QED) is 0.828. The molecule has 1 aliphatic carbocycles. The average Bonchev–Trinajstić information content (AvgIpc) is 2.48. The first-order valence-electron chi connectivity index (χ1n) is 7.06. The zero-order valence-corrected chi connectivity index (χ0v) is 11.7. The van der Waals surface area contributed by atoms with Gasteiger partial charge in [0, 0.05) is 12.0 Å². The number of ketones is 1. The molecule has 19 heavy (non-hydrogen) atoms. The highest BCUT2D eigenvalue weighted by Gasteiger charge is 2.33. The fraction of sp³-hybridized carbons (Fsp3) is 0.562. The number of nitrogens with two attached hydrogens (primary N) is 1. The zero-order chi connectivity index (χ0) is 13.7. The van der Waals surface area contributed by atoms with Crippen molar-refractivity contribution in [3.63, 3.8) is 0 Å². The highest BCUT2D eigenvalue weighted by atomic mass is 16.5. The summed E-state index contributed by atoms with van der Waals surface area (Å²) in [6.45, 7) is 0.620. The summed E-state index contributed by atoms with van der Waals surface area (Å²) in [6, 6.07) is 7.36. The third-order valence-corrected chi connectivity index (χ3v) is 4.29. The first-order valence-corrected chi connectivity index (χ1v) is 7.06. The van der Waals surface area contributed by atoms with Gasteiger partial charge in [-0.2, -0.15) is 0 Å². The van der Waals surface area contributed by atoms with Gasteiger partial charge in [0.05, 0.1) is 7.11 Å². The standard InChI is InChI=1S/C16H23NO2/c1-19-14-7-5-13(6-8-14)15(18)11-16(12-17)9-3-2-4-10-16/h5-8H,2-4,9-12,17H2,1H3. The lowest BCUT2D eigenvalue weighted by Gasteiger charge is -2.35. The van der Waals surface area contributed by atoms with Crippen LogP contribution in [0.5, 0.6) is 5.75 Å². The molecule has 0 radical (unpaired) electrons. The van der Waals surface area contributed by atoms with Gasteiger partial charge in [-0.1, -0.05) is 19.3 Å². The Kier molecular flexibility index (Phi) is 4.59. The van der Waals surface area contributed by atoms with Gasteiger partial charge < -0.3 is 10.5 Å². The normalized spacial score (nSPS) is 18.0. The van der Waals surface area contributed by atoms with Crippen molar-refractivity contribution < 1.29 is 9.53 Å². The molecule has 0 bridgehead atoms. The van der Waals surface area contributed by atoms with Crippen LogP contribution in [-0.2, 0) is 0 Å². The molecule has 1 fully saturated rings. The summed E-state index contributed by atoms with van der Waals surface area (Å²) in [5, 5.41) is 0. The van der Waals surface area contributed by atoms with Gasteiger partial charge in [-0.3, -0.25) is 4.79 Å². The van der Waals surface area contributed by atoms with Crippen LogP contribution in [-0.4, -0.2) is 19.4 Å². The minimum absolute atomic E-state index is 0.0370. The van der Waals surface area contributed by atoms with Gasteiger partial charge in [0.2, 0.25) is 0 Å². The monoisotopic (exact) mass is 261 g/mol. The number of benzene rings is 1. The molecule has 0 amide bonds. The van der Waals surface area contributed by atoms with Crippen molar-refractivity contribution in [3.05, 3.63) is 29.8 Å². The lowest BCUT2D eigenvalue weighted by Crippen LogP contribution is -2.35. The SMILES string of the molecule is COc1ccc(C(=O)CC2(CN)CCCCC2)cc1. The van der Waals surface area contributed by atoms with Gasteiger partial charge in [-0.25, -0.2) is 0 Å². The molecule has 104 valence electrons. The Morgan fingerprint density at radius 2 is 1.84 bits per heavy atom. The van der Waals surface area contributed by atoms with Gasteiger partial charge in [-0.15, -0.1) is 0 Å². The Balaban J connectivity index is 2.06. The maximum Gasteiger partial charge on any atom is 0.163 e. The molecule has 0 saturated heterocycles. The largest absolute Gasteiger partial charge is 0.497 e. The number of carbonyl (C=O) groups is 1. The van der Waals surface area contributed by atoms with Gasteiger partial charge in [-0.05, 0) is 49.1 Å². The van der Waals surface area contributed by atoms with Crippen molar-refractivity contribution in [2.45, 2.75) is 38.5 Å². The second-order valence-electron chi connectivity index (χ2n) is 5.59. The summed E-state index contributed by atoms with van der Waals surface area (Å²) >= 11 is 0. The van der Waals surface area contributed by atoms with Gasteiger partial charge >= 0.3 is 0 Å². The summed E-state index contributed by atoms with van der Waals surface area (Å²) in [5.41, 5.74) is 6.74. The van der Waals surface area contributed by atoms with Crippen LogP contribution in [0.2, 0.25) is 0 Å². The van der Waals surface area contributed by atoms with E-state index in [0.717, 1.165) is 24.2 Å². The van der Waals surface area contributed by atoms with Crippen LogP contribution in [0.3, 0.4) is 0 Å². The minimum Gasteiger partial charge on any atom is -0.497 e. The van der Waals surface area contributed by atoms with E-state index in [1.54, 1.807) is 7.11 Å². The number of hydrogen-bond donors (Lipinski definition) is 1. The molecule has 0 heterocycles. The van der Waals surface area contributed by atoms with Crippen LogP contribution in [0.25, 0.3) is 0 Å². The van der Waals surface area contributed by atoms with Gasteiger partial charge in [0.25, 0.3) is 0 Å². The van der Waals surface area contributed by atoms with E-state index in [0.29, 0.717) is 13.0 Å². The first-order chi connectivity index (χ1) is 9.19. The second-order valence-corrected chi connectivity index (χ2v) is 5.59. The molecule has 3 nitrogen and oxygen atoms in total. The third-order valence-electron chi connectivity index (χ3n) is 4.29. The first kappa shape index (κ1) is 14.1. The third kappa shape index (κ3) is 3.35. The Morgan fingerprint density at radius 3 is 2.37 bits per heavy atom. The number of Topliss-reactive ketones (excluding diaryl/α,β-unsaturated/α-hetero) is 1. The molecule has 1 aromatic rings. The van der Waals surface area contributed by atoms with Crippen molar-refractivity contribution >= 4 is 5.78 Å². The van der Waals surface area contributed by atoms with E-state index in [1.807, 2.05) is 24.3 Å². The van der Waals surface area contributed by atoms with E-state index >= 15 is 0 Å². The number of carbonyl (C=O) groups excluding carboxylic acids is 1. The number of hydrogen-bond acceptors (Lipinski definition) is 3. The smallest absolute Gasteiger partial charge is 0.163 e. The maximum absolute atomic E-state index is 12.4. The molecule has 2 N–H and O–H groups in total. The van der Waals surface area contributed by atoms with Crippen molar-refractivity contribution in [1.29, 1.82) is 0 Å².